The molecule has 0 atom stereocenters. The van der Waals surface area contributed by atoms with Crippen LogP contribution >= 0.6 is 0 Å². The van der Waals surface area contributed by atoms with Crippen molar-refractivity contribution in [3.05, 3.63) is 46.6 Å². The molecule has 1 aromatic heterocycles. The second-order valence-electron chi connectivity index (χ2n) is 5.05. The molecule has 2 aromatic rings. The van der Waals surface area contributed by atoms with E-state index in [0.29, 0.717) is 18.8 Å². The zero-order valence-corrected chi connectivity index (χ0v) is 12.1. The van der Waals surface area contributed by atoms with Crippen LogP contribution in [0.5, 0.6) is 0 Å². The number of nitrogens with zero attached hydrogens (tertiary/aromatic N) is 2. The lowest BCUT2D eigenvalue weighted by atomic mass is 10.0. The lowest BCUT2D eigenvalue weighted by Crippen LogP contribution is -2.24. The number of hydrogen-bond donors (Lipinski definition) is 2. The molecule has 0 aliphatic heterocycles. The van der Waals surface area contributed by atoms with Crippen molar-refractivity contribution in [2.45, 2.75) is 26.8 Å². The molecule has 106 valence electrons. The molecule has 0 saturated heterocycles. The number of aryl methyl sites for hydroxylation is 3. The third-order valence-corrected chi connectivity index (χ3v) is 3.48. The van der Waals surface area contributed by atoms with Gasteiger partial charge in [-0.15, -0.1) is 0 Å². The van der Waals surface area contributed by atoms with Crippen molar-refractivity contribution < 1.29 is 4.79 Å². The van der Waals surface area contributed by atoms with Crippen LogP contribution in [0, 0.1) is 13.8 Å². The average molecular weight is 272 g/mol. The Bertz CT molecular complexity index is 631. The Morgan fingerprint density at radius 2 is 2.10 bits per heavy atom. The highest BCUT2D eigenvalue weighted by Crippen LogP contribution is 2.11. The largest absolute Gasteiger partial charge is 0.384 e. The van der Waals surface area contributed by atoms with Crippen LogP contribution in [0.3, 0.4) is 0 Å². The molecule has 0 bridgehead atoms. The molecule has 1 heterocycles. The van der Waals surface area contributed by atoms with Crippen LogP contribution in [0.1, 0.15) is 22.3 Å². The van der Waals surface area contributed by atoms with E-state index < -0.39 is 0 Å². The maximum atomic E-state index is 11.9. The number of benzene rings is 1. The van der Waals surface area contributed by atoms with Crippen molar-refractivity contribution in [2.24, 2.45) is 7.05 Å². The molecule has 0 spiro atoms. The highest BCUT2D eigenvalue weighted by Gasteiger charge is 2.08. The van der Waals surface area contributed by atoms with E-state index in [0.717, 1.165) is 11.1 Å². The molecule has 0 radical (unpaired) electrons. The quantitative estimate of drug-likeness (QED) is 0.885. The van der Waals surface area contributed by atoms with Gasteiger partial charge in [0, 0.05) is 19.2 Å². The maximum absolute atomic E-state index is 11.9. The van der Waals surface area contributed by atoms with Gasteiger partial charge in [0.1, 0.15) is 5.82 Å². The van der Waals surface area contributed by atoms with Crippen LogP contribution in [0.4, 0.5) is 5.82 Å². The number of nitrogens with two attached hydrogens (primary N) is 1. The van der Waals surface area contributed by atoms with Gasteiger partial charge in [0.05, 0.1) is 12.6 Å². The average Bonchev–Trinajstić information content (AvgIpc) is 2.72. The molecular formula is C15H20N4O. The van der Waals surface area contributed by atoms with Gasteiger partial charge in [0.25, 0.3) is 0 Å². The molecule has 0 aliphatic carbocycles. The lowest BCUT2D eigenvalue weighted by Gasteiger charge is -2.07. The predicted octanol–water partition coefficient (Wildman–Crippen LogP) is 1.48. The number of rotatable bonds is 4. The Morgan fingerprint density at radius 1 is 1.35 bits per heavy atom. The van der Waals surface area contributed by atoms with Crippen molar-refractivity contribution in [3.63, 3.8) is 0 Å². The minimum atomic E-state index is -0.0171. The number of anilines is 1. The molecule has 0 saturated carbocycles. The van der Waals surface area contributed by atoms with Gasteiger partial charge in [0.2, 0.25) is 5.91 Å². The number of nitrogens with one attached hydrogen (secondary N) is 1. The van der Waals surface area contributed by atoms with Gasteiger partial charge in [-0.3, -0.25) is 9.48 Å². The molecule has 20 heavy (non-hydrogen) atoms. The Balaban J connectivity index is 1.92. The zero-order chi connectivity index (χ0) is 14.7. The molecule has 5 nitrogen and oxygen atoms in total. The lowest BCUT2D eigenvalue weighted by molar-refractivity contribution is -0.120. The highest BCUT2D eigenvalue weighted by molar-refractivity contribution is 5.78. The van der Waals surface area contributed by atoms with E-state index in [9.17, 15) is 4.79 Å². The van der Waals surface area contributed by atoms with Crippen LogP contribution in [0.2, 0.25) is 0 Å². The first-order chi connectivity index (χ1) is 9.47. The molecule has 1 aromatic carbocycles. The first-order valence-electron chi connectivity index (χ1n) is 6.56. The van der Waals surface area contributed by atoms with Crippen molar-refractivity contribution >= 4 is 11.7 Å². The Morgan fingerprint density at radius 3 is 2.70 bits per heavy atom. The van der Waals surface area contributed by atoms with Gasteiger partial charge in [-0.2, -0.15) is 5.10 Å². The number of aromatic nitrogens is 2. The van der Waals surface area contributed by atoms with Crippen LogP contribution in [-0.2, 0) is 24.8 Å². The van der Waals surface area contributed by atoms with Gasteiger partial charge in [-0.25, -0.2) is 0 Å². The fraction of sp³-hybridized carbons (Fsp3) is 0.333. The minimum absolute atomic E-state index is 0.0171. The summed E-state index contributed by atoms with van der Waals surface area (Å²) in [6.45, 7) is 4.51. The summed E-state index contributed by atoms with van der Waals surface area (Å²) in [5.74, 6) is 0.563. The monoisotopic (exact) mass is 272 g/mol. The second kappa shape index (κ2) is 5.77. The summed E-state index contributed by atoms with van der Waals surface area (Å²) in [5.41, 5.74) is 10.1. The summed E-state index contributed by atoms with van der Waals surface area (Å²) in [4.78, 5) is 11.9. The summed E-state index contributed by atoms with van der Waals surface area (Å²) in [6.07, 6.45) is 2.05. The molecule has 0 fully saturated rings. The van der Waals surface area contributed by atoms with Gasteiger partial charge in [-0.05, 0) is 30.5 Å². The summed E-state index contributed by atoms with van der Waals surface area (Å²) >= 11 is 0. The summed E-state index contributed by atoms with van der Waals surface area (Å²) in [7, 11) is 1.77. The summed E-state index contributed by atoms with van der Waals surface area (Å²) < 4.78 is 1.59. The summed E-state index contributed by atoms with van der Waals surface area (Å²) in [5, 5.41) is 6.90. The highest BCUT2D eigenvalue weighted by atomic mass is 16.1. The second-order valence-corrected chi connectivity index (χ2v) is 5.05. The van der Waals surface area contributed by atoms with Crippen LogP contribution < -0.4 is 11.1 Å². The Kier molecular flexibility index (Phi) is 4.08. The molecule has 3 N–H and O–H groups in total. The number of hydrogen-bond acceptors (Lipinski definition) is 3. The molecule has 0 aliphatic rings. The molecule has 5 heteroatoms. The fourth-order valence-corrected chi connectivity index (χ4v) is 1.98. The number of carbonyl (C=O) groups is 1. The van der Waals surface area contributed by atoms with Gasteiger partial charge >= 0.3 is 0 Å². The fourth-order valence-electron chi connectivity index (χ4n) is 1.98. The van der Waals surface area contributed by atoms with Gasteiger partial charge in [-0.1, -0.05) is 18.2 Å². The van der Waals surface area contributed by atoms with E-state index in [-0.39, 0.29) is 5.91 Å². The predicted molar refractivity (Wildman–Crippen MR) is 79.1 cm³/mol. The van der Waals surface area contributed by atoms with Crippen LogP contribution in [-0.4, -0.2) is 15.7 Å². The molecular weight excluding hydrogens is 252 g/mol. The maximum Gasteiger partial charge on any atom is 0.224 e. The Hall–Kier alpha value is -2.30. The standard InChI is InChI=1S/C15H20N4O/c1-10-4-5-12(6-11(10)2)7-14(20)17-8-13-9-18-19(3)15(13)16/h4-6,9H,7-8,16H2,1-3H3,(H,17,20). The third kappa shape index (κ3) is 3.17. The normalized spacial score (nSPS) is 10.6. The first kappa shape index (κ1) is 14.1. The van der Waals surface area contributed by atoms with Crippen molar-refractivity contribution in [2.75, 3.05) is 5.73 Å². The van der Waals surface area contributed by atoms with E-state index in [4.69, 9.17) is 5.73 Å². The van der Waals surface area contributed by atoms with Crippen molar-refractivity contribution in [3.8, 4) is 0 Å². The molecule has 2 rings (SSSR count). The van der Waals surface area contributed by atoms with E-state index in [1.54, 1.807) is 17.9 Å². The van der Waals surface area contributed by atoms with E-state index in [1.165, 1.54) is 11.1 Å². The topological polar surface area (TPSA) is 72.9 Å². The minimum Gasteiger partial charge on any atom is -0.384 e. The molecule has 1 amide bonds. The number of carbonyl (C=O) groups excluding carboxylic acids is 1. The van der Waals surface area contributed by atoms with Gasteiger partial charge < -0.3 is 11.1 Å². The van der Waals surface area contributed by atoms with E-state index in [2.05, 4.69) is 17.3 Å². The summed E-state index contributed by atoms with van der Waals surface area (Å²) in [6, 6.07) is 6.07. The van der Waals surface area contributed by atoms with Gasteiger partial charge in [0.15, 0.2) is 0 Å². The van der Waals surface area contributed by atoms with E-state index in [1.807, 2.05) is 25.1 Å². The van der Waals surface area contributed by atoms with Crippen molar-refractivity contribution in [1.82, 2.24) is 15.1 Å². The molecule has 0 unspecified atom stereocenters. The Labute approximate surface area is 118 Å². The van der Waals surface area contributed by atoms with Crippen molar-refractivity contribution in [1.29, 1.82) is 0 Å². The number of nitrogen functional groups attached to an aromatic ring is 1. The SMILES string of the molecule is Cc1ccc(CC(=O)NCc2cnn(C)c2N)cc1C. The van der Waals surface area contributed by atoms with Crippen LogP contribution in [0.25, 0.3) is 0 Å². The van der Waals surface area contributed by atoms with Crippen LogP contribution in [0.15, 0.2) is 24.4 Å². The zero-order valence-electron chi connectivity index (χ0n) is 12.1. The number of amides is 1. The smallest absolute Gasteiger partial charge is 0.224 e. The first-order valence-corrected chi connectivity index (χ1v) is 6.56. The van der Waals surface area contributed by atoms with E-state index >= 15 is 0 Å². The third-order valence-electron chi connectivity index (χ3n) is 3.48.